The molecule has 0 saturated carbocycles. The largest absolute Gasteiger partial charge is 0.490 e. The van der Waals surface area contributed by atoms with Gasteiger partial charge in [-0.15, -0.1) is 0 Å². The molecule has 21 heavy (non-hydrogen) atoms. The molecular weight excluding hydrogens is 260 g/mol. The van der Waals surface area contributed by atoms with E-state index in [0.29, 0.717) is 5.92 Å². The Labute approximate surface area is 126 Å². The van der Waals surface area contributed by atoms with Crippen LogP contribution in [0.2, 0.25) is 0 Å². The number of nitrogens with zero attached hydrogens (tertiary/aromatic N) is 1. The van der Waals surface area contributed by atoms with Gasteiger partial charge in [0.2, 0.25) is 0 Å². The lowest BCUT2D eigenvalue weighted by molar-refractivity contribution is 0.0902. The fourth-order valence-corrected chi connectivity index (χ4v) is 2.98. The Morgan fingerprint density at radius 3 is 2.48 bits per heavy atom. The van der Waals surface area contributed by atoms with Gasteiger partial charge < -0.3 is 15.4 Å². The van der Waals surface area contributed by atoms with Gasteiger partial charge in [-0.1, -0.05) is 30.3 Å². The first-order valence-electron chi connectivity index (χ1n) is 7.48. The number of rotatable bonds is 3. The molecule has 1 aliphatic heterocycles. The maximum Gasteiger partial charge on any atom is 0.119 e. The minimum absolute atomic E-state index is 0.215. The Morgan fingerprint density at radius 2 is 1.76 bits per heavy atom. The molecule has 2 aromatic rings. The summed E-state index contributed by atoms with van der Waals surface area (Å²) in [6, 6.07) is 18.3. The lowest BCUT2D eigenvalue weighted by Crippen LogP contribution is -2.42. The molecule has 3 heteroatoms. The van der Waals surface area contributed by atoms with Crippen molar-refractivity contribution >= 4 is 5.69 Å². The third kappa shape index (κ3) is 3.37. The lowest BCUT2D eigenvalue weighted by Gasteiger charge is -2.37. The number of benzene rings is 2. The fourth-order valence-electron chi connectivity index (χ4n) is 2.98. The Hall–Kier alpha value is -2.00. The van der Waals surface area contributed by atoms with Gasteiger partial charge in [0.05, 0.1) is 0 Å². The second-order valence-corrected chi connectivity index (χ2v) is 5.79. The van der Waals surface area contributed by atoms with E-state index in [9.17, 15) is 0 Å². The summed E-state index contributed by atoms with van der Waals surface area (Å²) in [6.45, 7) is 2.10. The molecule has 0 aliphatic carbocycles. The lowest BCUT2D eigenvalue weighted by atomic mass is 9.88. The number of nitrogen functional groups attached to an aromatic ring is 1. The molecule has 0 amide bonds. The highest BCUT2D eigenvalue weighted by Crippen LogP contribution is 2.30. The first-order valence-corrected chi connectivity index (χ1v) is 7.48. The second-order valence-electron chi connectivity index (χ2n) is 5.79. The zero-order chi connectivity index (χ0) is 14.7. The maximum atomic E-state index is 6.24. The number of likely N-dealkylation sites (N-methyl/N-ethyl adjacent to an activating group) is 1. The summed E-state index contributed by atoms with van der Waals surface area (Å²) in [6.07, 6.45) is 1.26. The number of hydrogen-bond donors (Lipinski definition) is 1. The van der Waals surface area contributed by atoms with Crippen molar-refractivity contribution in [3.8, 4) is 5.75 Å². The van der Waals surface area contributed by atoms with Crippen LogP contribution in [0.3, 0.4) is 0 Å². The Balaban J connectivity index is 1.79. The summed E-state index contributed by atoms with van der Waals surface area (Å²) in [5, 5.41) is 0. The first kappa shape index (κ1) is 14.0. The van der Waals surface area contributed by atoms with E-state index in [1.165, 1.54) is 5.56 Å². The van der Waals surface area contributed by atoms with Crippen molar-refractivity contribution in [2.75, 3.05) is 25.9 Å². The van der Waals surface area contributed by atoms with E-state index < -0.39 is 0 Å². The minimum Gasteiger partial charge on any atom is -0.490 e. The topological polar surface area (TPSA) is 38.5 Å². The van der Waals surface area contributed by atoms with Gasteiger partial charge >= 0.3 is 0 Å². The molecule has 0 aromatic heterocycles. The third-order valence-corrected chi connectivity index (χ3v) is 4.15. The second kappa shape index (κ2) is 6.19. The van der Waals surface area contributed by atoms with Gasteiger partial charge in [-0.05, 0) is 43.3 Å². The number of piperidine rings is 1. The van der Waals surface area contributed by atoms with Crippen LogP contribution in [0, 0.1) is 0 Å². The predicted molar refractivity (Wildman–Crippen MR) is 86.6 cm³/mol. The van der Waals surface area contributed by atoms with Crippen molar-refractivity contribution in [1.82, 2.24) is 4.90 Å². The van der Waals surface area contributed by atoms with E-state index in [1.54, 1.807) is 0 Å². The summed E-state index contributed by atoms with van der Waals surface area (Å²) in [4.78, 5) is 2.38. The molecule has 0 unspecified atom stereocenters. The van der Waals surface area contributed by atoms with E-state index in [4.69, 9.17) is 10.5 Å². The molecule has 1 fully saturated rings. The van der Waals surface area contributed by atoms with Crippen LogP contribution in [-0.4, -0.2) is 31.1 Å². The van der Waals surface area contributed by atoms with Crippen LogP contribution in [0.4, 0.5) is 5.69 Å². The summed E-state index contributed by atoms with van der Waals surface area (Å²) in [5.74, 6) is 1.31. The van der Waals surface area contributed by atoms with Gasteiger partial charge in [-0.25, -0.2) is 0 Å². The SMILES string of the molecule is CN1CC[C@@H](Oc2ccc(N)cc2)[C@H](c2ccccc2)C1. The van der Waals surface area contributed by atoms with Gasteiger partial charge in [0.15, 0.2) is 0 Å². The summed E-state index contributed by atoms with van der Waals surface area (Å²) >= 11 is 0. The molecule has 1 heterocycles. The van der Waals surface area contributed by atoms with Crippen LogP contribution in [0.25, 0.3) is 0 Å². The van der Waals surface area contributed by atoms with Gasteiger partial charge in [0.25, 0.3) is 0 Å². The molecule has 2 atom stereocenters. The maximum absolute atomic E-state index is 6.24. The van der Waals surface area contributed by atoms with Gasteiger partial charge in [-0.3, -0.25) is 0 Å². The fraction of sp³-hybridized carbons (Fsp3) is 0.333. The molecule has 1 aliphatic rings. The molecule has 1 saturated heterocycles. The average Bonchev–Trinajstić information content (AvgIpc) is 2.52. The standard InChI is InChI=1S/C18H22N2O/c1-20-12-11-18(21-16-9-7-15(19)8-10-16)17(13-20)14-5-3-2-4-6-14/h2-10,17-18H,11-13,19H2,1H3/t17-,18+/m0/s1. The highest BCUT2D eigenvalue weighted by atomic mass is 16.5. The number of hydrogen-bond acceptors (Lipinski definition) is 3. The minimum atomic E-state index is 0.215. The summed E-state index contributed by atoms with van der Waals surface area (Å²) < 4.78 is 6.24. The smallest absolute Gasteiger partial charge is 0.119 e. The molecular formula is C18H22N2O. The summed E-state index contributed by atoms with van der Waals surface area (Å²) in [7, 11) is 2.18. The number of likely N-dealkylation sites (tertiary alicyclic amines) is 1. The van der Waals surface area contributed by atoms with E-state index in [-0.39, 0.29) is 6.10 Å². The van der Waals surface area contributed by atoms with Crippen LogP contribution in [0.15, 0.2) is 54.6 Å². The molecule has 0 radical (unpaired) electrons. The number of ether oxygens (including phenoxy) is 1. The molecule has 2 N–H and O–H groups in total. The van der Waals surface area contributed by atoms with Gasteiger partial charge in [-0.2, -0.15) is 0 Å². The first-order chi connectivity index (χ1) is 10.2. The van der Waals surface area contributed by atoms with Crippen LogP contribution < -0.4 is 10.5 Å². The van der Waals surface area contributed by atoms with Crippen molar-refractivity contribution < 1.29 is 4.74 Å². The highest BCUT2D eigenvalue weighted by molar-refractivity contribution is 5.41. The van der Waals surface area contributed by atoms with Crippen LogP contribution >= 0.6 is 0 Å². The normalized spacial score (nSPS) is 22.9. The Bertz CT molecular complexity index is 568. The van der Waals surface area contributed by atoms with Crippen molar-refractivity contribution in [2.45, 2.75) is 18.4 Å². The molecule has 110 valence electrons. The zero-order valence-corrected chi connectivity index (χ0v) is 12.4. The number of anilines is 1. The highest BCUT2D eigenvalue weighted by Gasteiger charge is 2.30. The number of nitrogens with two attached hydrogens (primary N) is 1. The third-order valence-electron chi connectivity index (χ3n) is 4.15. The van der Waals surface area contributed by atoms with Gasteiger partial charge in [0.1, 0.15) is 11.9 Å². The van der Waals surface area contributed by atoms with Crippen LogP contribution in [0.1, 0.15) is 17.9 Å². The zero-order valence-electron chi connectivity index (χ0n) is 12.4. The van der Waals surface area contributed by atoms with Crippen molar-refractivity contribution in [1.29, 1.82) is 0 Å². The Kier molecular flexibility index (Phi) is 4.11. The molecule has 2 aromatic carbocycles. The quantitative estimate of drug-likeness (QED) is 0.879. The molecule has 0 spiro atoms. The van der Waals surface area contributed by atoms with Crippen LogP contribution in [-0.2, 0) is 0 Å². The van der Waals surface area contributed by atoms with Crippen LogP contribution in [0.5, 0.6) is 5.75 Å². The Morgan fingerprint density at radius 1 is 1.05 bits per heavy atom. The summed E-state index contributed by atoms with van der Waals surface area (Å²) in [5.41, 5.74) is 7.85. The predicted octanol–water partition coefficient (Wildman–Crippen LogP) is 3.14. The average molecular weight is 282 g/mol. The molecule has 3 nitrogen and oxygen atoms in total. The monoisotopic (exact) mass is 282 g/mol. The molecule has 3 rings (SSSR count). The van der Waals surface area contributed by atoms with E-state index in [1.807, 2.05) is 24.3 Å². The van der Waals surface area contributed by atoms with E-state index >= 15 is 0 Å². The van der Waals surface area contributed by atoms with E-state index in [2.05, 4.69) is 42.3 Å². The van der Waals surface area contributed by atoms with Gasteiger partial charge in [0, 0.05) is 24.7 Å². The van der Waals surface area contributed by atoms with E-state index in [0.717, 1.165) is 30.9 Å². The van der Waals surface area contributed by atoms with Crippen molar-refractivity contribution in [2.24, 2.45) is 0 Å². The van der Waals surface area contributed by atoms with Crippen molar-refractivity contribution in [3.63, 3.8) is 0 Å². The van der Waals surface area contributed by atoms with Crippen molar-refractivity contribution in [3.05, 3.63) is 60.2 Å². The molecule has 0 bridgehead atoms.